The Morgan fingerprint density at radius 1 is 1.50 bits per heavy atom. The Bertz CT molecular complexity index is 234. The minimum atomic E-state index is 0.580. The third-order valence-corrected chi connectivity index (χ3v) is 3.57. The molecule has 3 heteroatoms. The van der Waals surface area contributed by atoms with Gasteiger partial charge in [-0.05, 0) is 20.4 Å². The highest BCUT2D eigenvalue weighted by atomic mass is 15.3. The normalized spacial score (nSPS) is 25.2. The lowest BCUT2D eigenvalue weighted by Gasteiger charge is -2.42. The molecule has 1 N–H and O–H groups in total. The fourth-order valence-electron chi connectivity index (χ4n) is 2.29. The van der Waals surface area contributed by atoms with Crippen LogP contribution in [-0.2, 0) is 0 Å². The Morgan fingerprint density at radius 2 is 2.25 bits per heavy atom. The number of terminal acetylenes is 1. The molecule has 1 rings (SSSR count). The quantitative estimate of drug-likeness (QED) is 0.545. The molecule has 3 nitrogen and oxygen atoms in total. The van der Waals surface area contributed by atoms with Gasteiger partial charge in [-0.2, -0.15) is 0 Å². The van der Waals surface area contributed by atoms with Crippen molar-refractivity contribution < 1.29 is 0 Å². The Morgan fingerprint density at radius 3 is 2.88 bits per heavy atom. The van der Waals surface area contributed by atoms with E-state index in [1.165, 1.54) is 26.1 Å². The zero-order valence-electron chi connectivity index (χ0n) is 10.9. The van der Waals surface area contributed by atoms with Crippen molar-refractivity contribution in [3.8, 4) is 12.3 Å². The molecule has 0 aromatic heterocycles. The zero-order valence-corrected chi connectivity index (χ0v) is 10.9. The summed E-state index contributed by atoms with van der Waals surface area (Å²) < 4.78 is 0. The molecule has 1 aliphatic rings. The van der Waals surface area contributed by atoms with Crippen molar-refractivity contribution in [2.45, 2.75) is 32.4 Å². The molecule has 2 unspecified atom stereocenters. The predicted octanol–water partition coefficient (Wildman–Crippen LogP) is 0.624. The van der Waals surface area contributed by atoms with Crippen LogP contribution in [0.25, 0.3) is 0 Å². The number of nitrogens with zero attached hydrogens (tertiary/aromatic N) is 2. The van der Waals surface area contributed by atoms with Crippen molar-refractivity contribution in [1.82, 2.24) is 15.1 Å². The first-order valence-electron chi connectivity index (χ1n) is 6.27. The highest BCUT2D eigenvalue weighted by molar-refractivity contribution is 4.88. The molecule has 0 aromatic carbocycles. The highest BCUT2D eigenvalue weighted by Crippen LogP contribution is 2.12. The molecule has 0 aliphatic carbocycles. The summed E-state index contributed by atoms with van der Waals surface area (Å²) in [6, 6.07) is 1.29. The first kappa shape index (κ1) is 13.5. The van der Waals surface area contributed by atoms with Gasteiger partial charge in [0, 0.05) is 38.3 Å². The van der Waals surface area contributed by atoms with Gasteiger partial charge in [-0.15, -0.1) is 6.42 Å². The van der Waals surface area contributed by atoms with E-state index < -0.39 is 0 Å². The van der Waals surface area contributed by atoms with Crippen LogP contribution in [0.2, 0.25) is 0 Å². The van der Waals surface area contributed by atoms with Crippen LogP contribution in [0.15, 0.2) is 0 Å². The highest BCUT2D eigenvalue weighted by Gasteiger charge is 2.25. The first-order valence-corrected chi connectivity index (χ1v) is 6.27. The van der Waals surface area contributed by atoms with Gasteiger partial charge in [-0.25, -0.2) is 0 Å². The summed E-state index contributed by atoms with van der Waals surface area (Å²) in [7, 11) is 2.23. The number of likely N-dealkylation sites (N-methyl/N-ethyl adjacent to an activating group) is 1. The Hall–Kier alpha value is -0.560. The summed E-state index contributed by atoms with van der Waals surface area (Å²) in [5.74, 6) is 2.62. The van der Waals surface area contributed by atoms with E-state index in [0.717, 1.165) is 6.54 Å². The summed E-state index contributed by atoms with van der Waals surface area (Å²) in [4.78, 5) is 5.04. The standard InChI is InChI=1S/C13H25N3/c1-5-7-14-10-12(3)16-9-8-15(4)13(6-2)11-16/h1,12-14H,6-11H2,2-4H3. The third-order valence-electron chi connectivity index (χ3n) is 3.57. The minimum Gasteiger partial charge on any atom is -0.305 e. The molecule has 1 aliphatic heterocycles. The largest absolute Gasteiger partial charge is 0.305 e. The number of nitrogens with one attached hydrogen (secondary N) is 1. The van der Waals surface area contributed by atoms with Crippen molar-refractivity contribution >= 4 is 0 Å². The molecule has 1 fully saturated rings. The smallest absolute Gasteiger partial charge is 0.0574 e. The van der Waals surface area contributed by atoms with E-state index in [2.05, 4.69) is 41.9 Å². The van der Waals surface area contributed by atoms with Gasteiger partial charge in [0.1, 0.15) is 0 Å². The van der Waals surface area contributed by atoms with E-state index >= 15 is 0 Å². The molecule has 2 atom stereocenters. The maximum Gasteiger partial charge on any atom is 0.0574 e. The van der Waals surface area contributed by atoms with Crippen molar-refractivity contribution in [2.75, 3.05) is 39.8 Å². The molecule has 16 heavy (non-hydrogen) atoms. The van der Waals surface area contributed by atoms with Crippen molar-refractivity contribution in [1.29, 1.82) is 0 Å². The summed E-state index contributed by atoms with van der Waals surface area (Å²) in [5.41, 5.74) is 0. The number of hydrogen-bond acceptors (Lipinski definition) is 3. The van der Waals surface area contributed by atoms with Crippen molar-refractivity contribution in [3.05, 3.63) is 0 Å². The van der Waals surface area contributed by atoms with Crippen molar-refractivity contribution in [3.63, 3.8) is 0 Å². The third kappa shape index (κ3) is 3.79. The van der Waals surface area contributed by atoms with Crippen LogP contribution in [0.5, 0.6) is 0 Å². The molecule has 92 valence electrons. The van der Waals surface area contributed by atoms with Gasteiger partial charge >= 0.3 is 0 Å². The van der Waals surface area contributed by atoms with E-state index in [1.807, 2.05) is 0 Å². The fourth-order valence-corrected chi connectivity index (χ4v) is 2.29. The number of hydrogen-bond donors (Lipinski definition) is 1. The second-order valence-electron chi connectivity index (χ2n) is 4.72. The number of piperazine rings is 1. The zero-order chi connectivity index (χ0) is 12.0. The molecule has 0 bridgehead atoms. The lowest BCUT2D eigenvalue weighted by Crippen LogP contribution is -2.55. The monoisotopic (exact) mass is 223 g/mol. The number of rotatable bonds is 5. The van der Waals surface area contributed by atoms with Crippen LogP contribution in [0.4, 0.5) is 0 Å². The lowest BCUT2D eigenvalue weighted by atomic mass is 10.1. The average molecular weight is 223 g/mol. The predicted molar refractivity (Wildman–Crippen MR) is 69.4 cm³/mol. The van der Waals surface area contributed by atoms with Gasteiger partial charge in [0.25, 0.3) is 0 Å². The van der Waals surface area contributed by atoms with Crippen molar-refractivity contribution in [2.24, 2.45) is 0 Å². The molecule has 0 saturated carbocycles. The van der Waals surface area contributed by atoms with E-state index in [-0.39, 0.29) is 0 Å². The molecule has 1 saturated heterocycles. The average Bonchev–Trinajstić information content (AvgIpc) is 2.30. The Kier molecular flexibility index (Phi) is 5.83. The maximum absolute atomic E-state index is 5.22. The van der Waals surface area contributed by atoms with Gasteiger partial charge in [0.15, 0.2) is 0 Å². The maximum atomic E-state index is 5.22. The SMILES string of the molecule is C#CCNCC(C)N1CCN(C)C(CC)C1. The Labute approximate surface area is 100 Å². The first-order chi connectivity index (χ1) is 7.69. The molecule has 1 heterocycles. The molecule has 0 amide bonds. The van der Waals surface area contributed by atoms with Crippen LogP contribution >= 0.6 is 0 Å². The van der Waals surface area contributed by atoms with Gasteiger partial charge in [-0.1, -0.05) is 12.8 Å². The van der Waals surface area contributed by atoms with Crippen LogP contribution in [0.1, 0.15) is 20.3 Å². The molecular formula is C13H25N3. The van der Waals surface area contributed by atoms with E-state index in [0.29, 0.717) is 18.6 Å². The van der Waals surface area contributed by atoms with Crippen LogP contribution in [0.3, 0.4) is 0 Å². The molecule has 0 spiro atoms. The van der Waals surface area contributed by atoms with Gasteiger partial charge in [0.2, 0.25) is 0 Å². The minimum absolute atomic E-state index is 0.580. The molecule has 0 aromatic rings. The van der Waals surface area contributed by atoms with E-state index in [9.17, 15) is 0 Å². The summed E-state index contributed by atoms with van der Waals surface area (Å²) in [6.45, 7) is 9.75. The molecular weight excluding hydrogens is 198 g/mol. The van der Waals surface area contributed by atoms with Gasteiger partial charge in [-0.3, -0.25) is 4.90 Å². The van der Waals surface area contributed by atoms with Gasteiger partial charge in [0.05, 0.1) is 6.54 Å². The summed E-state index contributed by atoms with van der Waals surface area (Å²) in [5, 5.41) is 3.28. The van der Waals surface area contributed by atoms with E-state index in [4.69, 9.17) is 6.42 Å². The lowest BCUT2D eigenvalue weighted by molar-refractivity contribution is 0.0678. The van der Waals surface area contributed by atoms with E-state index in [1.54, 1.807) is 0 Å². The summed E-state index contributed by atoms with van der Waals surface area (Å²) >= 11 is 0. The topological polar surface area (TPSA) is 18.5 Å². The van der Waals surface area contributed by atoms with Crippen LogP contribution in [0, 0.1) is 12.3 Å². The van der Waals surface area contributed by atoms with Crippen LogP contribution < -0.4 is 5.32 Å². The Balaban J connectivity index is 2.33. The second-order valence-corrected chi connectivity index (χ2v) is 4.72. The fraction of sp³-hybridized carbons (Fsp3) is 0.846. The molecule has 0 radical (unpaired) electrons. The summed E-state index contributed by atoms with van der Waals surface area (Å²) in [6.07, 6.45) is 6.46. The van der Waals surface area contributed by atoms with Crippen LogP contribution in [-0.4, -0.2) is 61.7 Å². The van der Waals surface area contributed by atoms with Gasteiger partial charge < -0.3 is 10.2 Å². The second kappa shape index (κ2) is 6.90.